The van der Waals surface area contributed by atoms with E-state index in [2.05, 4.69) is 56.9 Å². The Morgan fingerprint density at radius 3 is 2.95 bits per heavy atom. The lowest BCUT2D eigenvalue weighted by molar-refractivity contribution is 0.568. The number of allylic oxidation sites excluding steroid dienone is 1. The van der Waals surface area contributed by atoms with Gasteiger partial charge < -0.3 is 4.42 Å². The van der Waals surface area contributed by atoms with Gasteiger partial charge in [-0.1, -0.05) is 53.4 Å². The second-order valence-corrected chi connectivity index (χ2v) is 7.97. The third-order valence-electron chi connectivity index (χ3n) is 4.65. The van der Waals surface area contributed by atoms with Crippen molar-refractivity contribution in [3.8, 4) is 0 Å². The Kier molecular flexibility index (Phi) is 3.08. The Bertz CT molecular complexity index is 854. The lowest BCUT2D eigenvalue weighted by Crippen LogP contribution is -2.26. The standard InChI is InChI=1S/C19H21OP/c1-11(2)18-9-17-15(10-21-18)19-14-6-4-12(3)8-13(14)5-7-16(19)20-17/h4-7,9-12,18,21H,8H2,1-3H3. The molecule has 0 radical (unpaired) electrons. The van der Waals surface area contributed by atoms with Crippen LogP contribution in [0.5, 0.6) is 0 Å². The molecule has 3 unspecified atom stereocenters. The van der Waals surface area contributed by atoms with Crippen molar-refractivity contribution in [1.29, 1.82) is 0 Å². The minimum Gasteiger partial charge on any atom is -0.456 e. The summed E-state index contributed by atoms with van der Waals surface area (Å²) in [7, 11) is 0.864. The topological polar surface area (TPSA) is 13.1 Å². The summed E-state index contributed by atoms with van der Waals surface area (Å²) in [6.07, 6.45) is 8.11. The van der Waals surface area contributed by atoms with E-state index in [1.165, 1.54) is 21.7 Å². The van der Waals surface area contributed by atoms with E-state index in [4.69, 9.17) is 4.42 Å². The first-order chi connectivity index (χ1) is 10.1. The molecule has 1 aromatic heterocycles. The fraction of sp³-hybridized carbons (Fsp3) is 0.368. The lowest BCUT2D eigenvalue weighted by Gasteiger charge is -2.17. The van der Waals surface area contributed by atoms with E-state index in [0.29, 0.717) is 17.5 Å². The van der Waals surface area contributed by atoms with Crippen molar-refractivity contribution in [2.24, 2.45) is 11.8 Å². The third kappa shape index (κ3) is 2.10. The minimum atomic E-state index is 0.629. The van der Waals surface area contributed by atoms with Crippen molar-refractivity contribution >= 4 is 37.5 Å². The molecule has 21 heavy (non-hydrogen) atoms. The number of hydrogen-bond donors (Lipinski definition) is 0. The van der Waals surface area contributed by atoms with Gasteiger partial charge in [-0.15, -0.1) is 0 Å². The maximum atomic E-state index is 6.15. The van der Waals surface area contributed by atoms with Gasteiger partial charge in [0.2, 0.25) is 0 Å². The van der Waals surface area contributed by atoms with Gasteiger partial charge in [-0.2, -0.15) is 0 Å². The van der Waals surface area contributed by atoms with Crippen LogP contribution in [0.4, 0.5) is 0 Å². The molecule has 2 aliphatic rings. The summed E-state index contributed by atoms with van der Waals surface area (Å²) >= 11 is 0. The van der Waals surface area contributed by atoms with Crippen LogP contribution in [0, 0.1) is 11.8 Å². The highest BCUT2D eigenvalue weighted by Crippen LogP contribution is 2.32. The van der Waals surface area contributed by atoms with E-state index in [1.807, 2.05) is 0 Å². The Morgan fingerprint density at radius 1 is 1.29 bits per heavy atom. The number of benzene rings is 1. The molecule has 2 heterocycles. The Balaban J connectivity index is 2.01. The van der Waals surface area contributed by atoms with Crippen molar-refractivity contribution in [1.82, 2.24) is 0 Å². The van der Waals surface area contributed by atoms with Gasteiger partial charge in [-0.25, -0.2) is 0 Å². The van der Waals surface area contributed by atoms with Gasteiger partial charge in [-0.3, -0.25) is 0 Å². The van der Waals surface area contributed by atoms with Crippen LogP contribution in [-0.4, -0.2) is 5.66 Å². The first-order valence-corrected chi connectivity index (χ1v) is 8.99. The van der Waals surface area contributed by atoms with E-state index in [9.17, 15) is 0 Å². The maximum Gasteiger partial charge on any atom is 0.136 e. The summed E-state index contributed by atoms with van der Waals surface area (Å²) in [6, 6.07) is 4.41. The van der Waals surface area contributed by atoms with Crippen molar-refractivity contribution in [2.75, 3.05) is 0 Å². The number of rotatable bonds is 1. The molecular weight excluding hydrogens is 275 g/mol. The molecule has 3 atom stereocenters. The van der Waals surface area contributed by atoms with Gasteiger partial charge in [0.25, 0.3) is 0 Å². The van der Waals surface area contributed by atoms with Crippen LogP contribution < -0.4 is 10.6 Å². The fourth-order valence-corrected chi connectivity index (χ4v) is 4.67. The molecular formula is C19H21OP. The van der Waals surface area contributed by atoms with Crippen LogP contribution in [0.15, 0.2) is 22.6 Å². The van der Waals surface area contributed by atoms with E-state index in [1.54, 1.807) is 0 Å². The van der Waals surface area contributed by atoms with Gasteiger partial charge in [-0.05, 0) is 41.5 Å². The molecule has 1 aromatic carbocycles. The Morgan fingerprint density at radius 2 is 2.14 bits per heavy atom. The van der Waals surface area contributed by atoms with E-state index in [-0.39, 0.29) is 0 Å². The molecule has 1 aliphatic carbocycles. The highest BCUT2D eigenvalue weighted by Gasteiger charge is 2.19. The summed E-state index contributed by atoms with van der Waals surface area (Å²) in [4.78, 5) is 0. The largest absolute Gasteiger partial charge is 0.456 e. The van der Waals surface area contributed by atoms with Crippen LogP contribution in [0.2, 0.25) is 0 Å². The number of fused-ring (bicyclic) bond motifs is 5. The predicted octanol–water partition coefficient (Wildman–Crippen LogP) is 3.87. The molecule has 0 amide bonds. The SMILES string of the molecule is CC1C=Cc2c(ccc3oc4c(c23)=CPC(C(C)C)C=4)C1. The Hall–Kier alpha value is -1.33. The molecule has 1 aliphatic heterocycles. The van der Waals surface area contributed by atoms with Crippen LogP contribution in [0.3, 0.4) is 0 Å². The smallest absolute Gasteiger partial charge is 0.136 e. The summed E-state index contributed by atoms with van der Waals surface area (Å²) in [5.74, 6) is 3.73. The van der Waals surface area contributed by atoms with Gasteiger partial charge in [0.1, 0.15) is 11.0 Å². The highest BCUT2D eigenvalue weighted by atomic mass is 31.1. The molecule has 0 spiro atoms. The number of hydrogen-bond acceptors (Lipinski definition) is 1. The summed E-state index contributed by atoms with van der Waals surface area (Å²) in [5.41, 5.74) is 5.60. The monoisotopic (exact) mass is 296 g/mol. The zero-order chi connectivity index (χ0) is 14.6. The van der Waals surface area contributed by atoms with Crippen LogP contribution in [0.1, 0.15) is 31.9 Å². The van der Waals surface area contributed by atoms with Crippen LogP contribution in [0.25, 0.3) is 28.9 Å². The van der Waals surface area contributed by atoms with E-state index < -0.39 is 0 Å². The predicted molar refractivity (Wildman–Crippen MR) is 93.2 cm³/mol. The molecule has 0 saturated carbocycles. The summed E-state index contributed by atoms with van der Waals surface area (Å²) in [5, 5.41) is 2.66. The lowest BCUT2D eigenvalue weighted by atomic mass is 9.89. The molecule has 108 valence electrons. The van der Waals surface area contributed by atoms with Gasteiger partial charge in [0, 0.05) is 16.3 Å². The summed E-state index contributed by atoms with van der Waals surface area (Å²) in [6.45, 7) is 6.87. The van der Waals surface area contributed by atoms with Crippen LogP contribution >= 0.6 is 8.58 Å². The molecule has 4 rings (SSSR count). The summed E-state index contributed by atoms with van der Waals surface area (Å²) < 4.78 is 6.15. The molecule has 1 nitrogen and oxygen atoms in total. The average Bonchev–Trinajstić information content (AvgIpc) is 2.84. The first-order valence-electron chi connectivity index (χ1n) is 7.84. The molecule has 0 bridgehead atoms. The van der Waals surface area contributed by atoms with Gasteiger partial charge in [0.15, 0.2) is 0 Å². The molecule has 0 saturated heterocycles. The first kappa shape index (κ1) is 13.3. The second-order valence-electron chi connectivity index (χ2n) is 6.68. The normalized spacial score (nSPS) is 24.8. The van der Waals surface area contributed by atoms with Crippen molar-refractivity contribution in [3.05, 3.63) is 40.0 Å². The van der Waals surface area contributed by atoms with Crippen LogP contribution in [-0.2, 0) is 6.42 Å². The molecule has 0 N–H and O–H groups in total. The molecule has 2 aromatic rings. The van der Waals surface area contributed by atoms with E-state index >= 15 is 0 Å². The quantitative estimate of drug-likeness (QED) is 0.728. The van der Waals surface area contributed by atoms with Crippen molar-refractivity contribution < 1.29 is 4.42 Å². The zero-order valence-corrected chi connectivity index (χ0v) is 13.8. The van der Waals surface area contributed by atoms with Gasteiger partial charge in [0.05, 0.1) is 0 Å². The van der Waals surface area contributed by atoms with Crippen molar-refractivity contribution in [2.45, 2.75) is 32.9 Å². The zero-order valence-electron chi connectivity index (χ0n) is 12.8. The van der Waals surface area contributed by atoms with Crippen molar-refractivity contribution in [3.63, 3.8) is 0 Å². The van der Waals surface area contributed by atoms with Gasteiger partial charge >= 0.3 is 0 Å². The Labute approximate surface area is 127 Å². The third-order valence-corrected chi connectivity index (χ3v) is 6.33. The second kappa shape index (κ2) is 4.85. The minimum absolute atomic E-state index is 0.629. The van der Waals surface area contributed by atoms with E-state index in [0.717, 1.165) is 26.0 Å². The fourth-order valence-electron chi connectivity index (χ4n) is 3.39. The number of furan rings is 1. The average molecular weight is 296 g/mol. The molecule has 0 fully saturated rings. The maximum absolute atomic E-state index is 6.15. The highest BCUT2D eigenvalue weighted by molar-refractivity contribution is 7.49. The molecule has 2 heteroatoms.